The quantitative estimate of drug-likeness (QED) is 0.130. The summed E-state index contributed by atoms with van der Waals surface area (Å²) in [5, 5.41) is 14.0. The minimum Gasteiger partial charge on any atom is -0.494 e. The Morgan fingerprint density at radius 1 is 0.606 bits per heavy atom. The molecule has 8 N–H and O–H groups in total. The van der Waals surface area contributed by atoms with Gasteiger partial charge in [0.2, 0.25) is 0 Å². The van der Waals surface area contributed by atoms with Crippen molar-refractivity contribution in [1.29, 1.82) is 0 Å². The van der Waals surface area contributed by atoms with Gasteiger partial charge < -0.3 is 37.5 Å². The normalized spacial score (nSPS) is 11.2. The molecule has 0 bridgehead atoms. The zero-order chi connectivity index (χ0) is 23.8. The van der Waals surface area contributed by atoms with Gasteiger partial charge in [0.25, 0.3) is 0 Å². The van der Waals surface area contributed by atoms with Gasteiger partial charge in [-0.25, -0.2) is 0 Å². The molecule has 0 aromatic heterocycles. The molecule has 0 fully saturated rings. The Bertz CT molecular complexity index is 519. The fraction of sp³-hybridized carbons (Fsp3) is 0.769. The largest absolute Gasteiger partial charge is 0.494 e. The van der Waals surface area contributed by atoms with Crippen LogP contribution in [0.4, 0.5) is 0 Å². The van der Waals surface area contributed by atoms with Crippen molar-refractivity contribution in [3.05, 3.63) is 29.3 Å². The third-order valence-corrected chi connectivity index (χ3v) is 5.48. The van der Waals surface area contributed by atoms with Crippen molar-refractivity contribution in [1.82, 2.24) is 21.3 Å². The Morgan fingerprint density at radius 2 is 1.12 bits per heavy atom. The van der Waals surface area contributed by atoms with Crippen molar-refractivity contribution in [2.24, 2.45) is 11.5 Å². The van der Waals surface area contributed by atoms with Crippen molar-refractivity contribution >= 4 is 0 Å². The van der Waals surface area contributed by atoms with E-state index in [4.69, 9.17) is 16.2 Å². The molecule has 0 saturated heterocycles. The molecule has 192 valence electrons. The van der Waals surface area contributed by atoms with E-state index >= 15 is 0 Å². The topological polar surface area (TPSA) is 109 Å². The molecular formula is C26H52N6O. The maximum atomic E-state index is 6.10. The fourth-order valence-corrected chi connectivity index (χ4v) is 3.58. The summed E-state index contributed by atoms with van der Waals surface area (Å²) in [6.45, 7) is 12.4. The Morgan fingerprint density at radius 3 is 1.64 bits per heavy atom. The number of ether oxygens (including phenoxy) is 1. The van der Waals surface area contributed by atoms with Crippen LogP contribution >= 0.6 is 0 Å². The van der Waals surface area contributed by atoms with E-state index in [0.717, 1.165) is 110 Å². The van der Waals surface area contributed by atoms with E-state index in [1.807, 2.05) is 0 Å². The van der Waals surface area contributed by atoms with Gasteiger partial charge in [0.15, 0.2) is 0 Å². The lowest BCUT2D eigenvalue weighted by Gasteiger charge is -2.13. The van der Waals surface area contributed by atoms with Crippen LogP contribution < -0.4 is 37.5 Å². The predicted octanol–water partition coefficient (Wildman–Crippen LogP) is 2.48. The van der Waals surface area contributed by atoms with Gasteiger partial charge in [0.1, 0.15) is 5.75 Å². The summed E-state index contributed by atoms with van der Waals surface area (Å²) < 4.78 is 6.10. The van der Waals surface area contributed by atoms with Gasteiger partial charge in [-0.15, -0.1) is 0 Å². The summed E-state index contributed by atoms with van der Waals surface area (Å²) in [6, 6.07) is 6.68. The standard InChI is InChI=1S/C26H52N6O/c1-2-3-4-5-18-33-26-20-24(22-31-16-8-14-29-12-6-10-27)19-25(21-26)23-32-17-9-15-30-13-7-11-28/h19-21,29-32H,2-18,22-23,27-28H2,1H3. The molecule has 0 aliphatic rings. The Balaban J connectivity index is 2.41. The SMILES string of the molecule is CCCCCCOc1cc(CNCCCNCCCN)cc(CNCCCNCCCN)c1. The number of nitrogens with one attached hydrogen (secondary N) is 4. The third-order valence-electron chi connectivity index (χ3n) is 5.48. The fourth-order valence-electron chi connectivity index (χ4n) is 3.58. The molecule has 0 heterocycles. The molecule has 0 aliphatic carbocycles. The highest BCUT2D eigenvalue weighted by Crippen LogP contribution is 2.18. The Hall–Kier alpha value is -1.22. The van der Waals surface area contributed by atoms with Crippen LogP contribution in [0.5, 0.6) is 5.75 Å². The number of rotatable bonds is 24. The van der Waals surface area contributed by atoms with E-state index in [1.165, 1.54) is 30.4 Å². The van der Waals surface area contributed by atoms with Crippen LogP contribution in [0.15, 0.2) is 18.2 Å². The highest BCUT2D eigenvalue weighted by Gasteiger charge is 2.04. The molecule has 0 saturated carbocycles. The molecule has 1 aromatic carbocycles. The number of nitrogens with two attached hydrogens (primary N) is 2. The number of hydrogen-bond acceptors (Lipinski definition) is 7. The highest BCUT2D eigenvalue weighted by molar-refractivity contribution is 5.34. The molecule has 0 amide bonds. The molecule has 1 rings (SSSR count). The van der Waals surface area contributed by atoms with E-state index in [0.29, 0.717) is 0 Å². The Labute approximate surface area is 203 Å². The maximum absolute atomic E-state index is 6.10. The number of hydrogen-bond donors (Lipinski definition) is 6. The van der Waals surface area contributed by atoms with Crippen LogP contribution in [-0.2, 0) is 13.1 Å². The third kappa shape index (κ3) is 17.9. The number of benzene rings is 1. The van der Waals surface area contributed by atoms with Crippen molar-refractivity contribution in [2.75, 3.05) is 59.0 Å². The first-order chi connectivity index (χ1) is 16.3. The zero-order valence-electron chi connectivity index (χ0n) is 21.2. The first kappa shape index (κ1) is 29.8. The molecule has 7 nitrogen and oxygen atoms in total. The smallest absolute Gasteiger partial charge is 0.119 e. The van der Waals surface area contributed by atoms with Crippen LogP contribution in [0.1, 0.15) is 69.4 Å². The summed E-state index contributed by atoms with van der Waals surface area (Å²) in [4.78, 5) is 0. The van der Waals surface area contributed by atoms with Gasteiger partial charge in [-0.2, -0.15) is 0 Å². The summed E-state index contributed by atoms with van der Waals surface area (Å²) >= 11 is 0. The predicted molar refractivity (Wildman–Crippen MR) is 142 cm³/mol. The molecular weight excluding hydrogens is 412 g/mol. The molecule has 0 aliphatic heterocycles. The van der Waals surface area contributed by atoms with Gasteiger partial charge in [-0.3, -0.25) is 0 Å². The van der Waals surface area contributed by atoms with Crippen molar-refractivity contribution < 1.29 is 4.74 Å². The summed E-state index contributed by atoms with van der Waals surface area (Å²) in [5.74, 6) is 0.995. The van der Waals surface area contributed by atoms with E-state index in [9.17, 15) is 0 Å². The first-order valence-electron chi connectivity index (χ1n) is 13.3. The second kappa shape index (κ2) is 22.6. The van der Waals surface area contributed by atoms with Crippen LogP contribution in [0, 0.1) is 0 Å². The molecule has 0 spiro atoms. The van der Waals surface area contributed by atoms with Crippen LogP contribution in [-0.4, -0.2) is 59.0 Å². The lowest BCUT2D eigenvalue weighted by molar-refractivity contribution is 0.304. The second-order valence-electron chi connectivity index (χ2n) is 8.74. The van der Waals surface area contributed by atoms with Gasteiger partial charge in [0, 0.05) is 13.1 Å². The molecule has 33 heavy (non-hydrogen) atoms. The summed E-state index contributed by atoms with van der Waals surface area (Å²) in [5.41, 5.74) is 13.6. The monoisotopic (exact) mass is 464 g/mol. The lowest BCUT2D eigenvalue weighted by atomic mass is 10.1. The second-order valence-corrected chi connectivity index (χ2v) is 8.74. The van der Waals surface area contributed by atoms with E-state index in [-0.39, 0.29) is 0 Å². The lowest BCUT2D eigenvalue weighted by Crippen LogP contribution is -2.24. The first-order valence-corrected chi connectivity index (χ1v) is 13.3. The molecule has 7 heteroatoms. The van der Waals surface area contributed by atoms with Gasteiger partial charge in [-0.05, 0) is 108 Å². The average Bonchev–Trinajstić information content (AvgIpc) is 2.82. The minimum absolute atomic E-state index is 0.755. The molecule has 0 radical (unpaired) electrons. The summed E-state index contributed by atoms with van der Waals surface area (Å²) in [7, 11) is 0. The van der Waals surface area contributed by atoms with Gasteiger partial charge in [-0.1, -0.05) is 32.3 Å². The van der Waals surface area contributed by atoms with Crippen LogP contribution in [0.2, 0.25) is 0 Å². The van der Waals surface area contributed by atoms with E-state index in [1.54, 1.807) is 0 Å². The zero-order valence-corrected chi connectivity index (χ0v) is 21.2. The minimum atomic E-state index is 0.755. The van der Waals surface area contributed by atoms with Crippen LogP contribution in [0.3, 0.4) is 0 Å². The highest BCUT2D eigenvalue weighted by atomic mass is 16.5. The summed E-state index contributed by atoms with van der Waals surface area (Å²) in [6.07, 6.45) is 9.22. The molecule has 1 aromatic rings. The number of unbranched alkanes of at least 4 members (excludes halogenated alkanes) is 3. The molecule has 0 unspecified atom stereocenters. The molecule has 0 atom stereocenters. The van der Waals surface area contributed by atoms with Gasteiger partial charge >= 0.3 is 0 Å². The van der Waals surface area contributed by atoms with Gasteiger partial charge in [0.05, 0.1) is 6.61 Å². The van der Waals surface area contributed by atoms with Crippen molar-refractivity contribution in [2.45, 2.75) is 71.4 Å². The van der Waals surface area contributed by atoms with Crippen LogP contribution in [0.25, 0.3) is 0 Å². The average molecular weight is 465 g/mol. The van der Waals surface area contributed by atoms with Crippen molar-refractivity contribution in [3.63, 3.8) is 0 Å². The van der Waals surface area contributed by atoms with E-state index in [2.05, 4.69) is 46.4 Å². The van der Waals surface area contributed by atoms with E-state index < -0.39 is 0 Å². The maximum Gasteiger partial charge on any atom is 0.119 e. The Kier molecular flexibility index (Phi) is 20.4. The van der Waals surface area contributed by atoms with Crippen molar-refractivity contribution in [3.8, 4) is 5.75 Å².